The van der Waals surface area contributed by atoms with E-state index in [0.717, 1.165) is 62.2 Å². The largest absolute Gasteiger partial charge is 0.493 e. The molecule has 0 unspecified atom stereocenters. The Kier molecular flexibility index (Phi) is 9.21. The van der Waals surface area contributed by atoms with Crippen molar-refractivity contribution in [3.8, 4) is 16.9 Å². The molecule has 2 fully saturated rings. The third-order valence-electron chi connectivity index (χ3n) is 8.50. The van der Waals surface area contributed by atoms with Gasteiger partial charge in [-0.15, -0.1) is 0 Å². The second kappa shape index (κ2) is 13.0. The van der Waals surface area contributed by atoms with Crippen LogP contribution in [0.25, 0.3) is 11.1 Å². The number of hydrogen-bond donors (Lipinski definition) is 0. The van der Waals surface area contributed by atoms with Gasteiger partial charge in [-0.3, -0.25) is 14.7 Å². The van der Waals surface area contributed by atoms with Crippen molar-refractivity contribution in [2.75, 3.05) is 33.4 Å². The third-order valence-corrected chi connectivity index (χ3v) is 8.50. The van der Waals surface area contributed by atoms with Crippen molar-refractivity contribution in [3.63, 3.8) is 0 Å². The van der Waals surface area contributed by atoms with Crippen molar-refractivity contribution in [1.29, 1.82) is 0 Å². The van der Waals surface area contributed by atoms with Crippen LogP contribution in [0.4, 0.5) is 4.39 Å². The van der Waals surface area contributed by atoms with Crippen molar-refractivity contribution in [2.24, 2.45) is 4.99 Å². The SMILES string of the molecule is C=NC1=C(/C=C(\C)C(=O)OC)C(=O)N(C2CCN(Cc3cc(OCC)c(-c4ccc(F)cc4)c(C4CC4)c3)CC2)CC1. The number of carbonyl (C=O) groups is 2. The van der Waals surface area contributed by atoms with E-state index in [1.165, 1.54) is 30.4 Å². The first kappa shape index (κ1) is 29.7. The Bertz CT molecular complexity index is 1400. The number of piperidine rings is 1. The predicted octanol–water partition coefficient (Wildman–Crippen LogP) is 6.04. The Morgan fingerprint density at radius 3 is 2.45 bits per heavy atom. The van der Waals surface area contributed by atoms with Crippen molar-refractivity contribution in [3.05, 3.63) is 76.3 Å². The van der Waals surface area contributed by atoms with Crippen molar-refractivity contribution in [1.82, 2.24) is 9.80 Å². The number of methoxy groups -OCH3 is 1. The maximum atomic E-state index is 13.7. The van der Waals surface area contributed by atoms with Gasteiger partial charge >= 0.3 is 5.97 Å². The molecule has 2 aromatic rings. The van der Waals surface area contributed by atoms with E-state index in [9.17, 15) is 14.0 Å². The van der Waals surface area contributed by atoms with Crippen LogP contribution in [0, 0.1) is 5.82 Å². The van der Waals surface area contributed by atoms with E-state index >= 15 is 0 Å². The lowest BCUT2D eigenvalue weighted by molar-refractivity contribution is -0.136. The number of hydrogen-bond acceptors (Lipinski definition) is 6. The van der Waals surface area contributed by atoms with E-state index < -0.39 is 5.97 Å². The molecule has 5 rings (SSSR count). The van der Waals surface area contributed by atoms with Crippen LogP contribution in [0.2, 0.25) is 0 Å². The van der Waals surface area contributed by atoms with E-state index in [1.807, 2.05) is 24.0 Å². The Balaban J connectivity index is 1.29. The number of rotatable bonds is 10. The fraction of sp³-hybridized carbons (Fsp3) is 0.441. The van der Waals surface area contributed by atoms with Gasteiger partial charge in [0.25, 0.3) is 5.91 Å². The Morgan fingerprint density at radius 1 is 1.12 bits per heavy atom. The minimum absolute atomic E-state index is 0.0998. The van der Waals surface area contributed by atoms with E-state index in [1.54, 1.807) is 13.0 Å². The predicted molar refractivity (Wildman–Crippen MR) is 162 cm³/mol. The molecule has 1 aliphatic carbocycles. The van der Waals surface area contributed by atoms with E-state index in [-0.39, 0.29) is 17.8 Å². The molecule has 0 spiro atoms. The fourth-order valence-corrected chi connectivity index (χ4v) is 6.18. The highest BCUT2D eigenvalue weighted by molar-refractivity contribution is 6.00. The first-order chi connectivity index (χ1) is 20.3. The van der Waals surface area contributed by atoms with Gasteiger partial charge in [-0.05, 0) is 93.1 Å². The topological polar surface area (TPSA) is 71.4 Å². The molecular weight excluding hydrogens is 533 g/mol. The molecule has 7 nitrogen and oxygen atoms in total. The average molecular weight is 574 g/mol. The Hall–Kier alpha value is -3.78. The molecule has 1 saturated heterocycles. The fourth-order valence-electron chi connectivity index (χ4n) is 6.18. The molecule has 0 aromatic heterocycles. The van der Waals surface area contributed by atoms with Crippen molar-refractivity contribution >= 4 is 18.6 Å². The molecular formula is C34H40FN3O4. The zero-order chi connectivity index (χ0) is 29.8. The number of ether oxygens (including phenoxy) is 2. The van der Waals surface area contributed by atoms with Gasteiger partial charge in [0.2, 0.25) is 0 Å². The van der Waals surface area contributed by atoms with Gasteiger partial charge in [-0.2, -0.15) is 0 Å². The summed E-state index contributed by atoms with van der Waals surface area (Å²) in [7, 11) is 1.33. The summed E-state index contributed by atoms with van der Waals surface area (Å²) in [6, 6.07) is 11.3. The smallest absolute Gasteiger partial charge is 0.333 e. The lowest BCUT2D eigenvalue weighted by atomic mass is 9.92. The number of benzene rings is 2. The summed E-state index contributed by atoms with van der Waals surface area (Å²) in [5.74, 6) is 0.561. The van der Waals surface area contributed by atoms with Crippen LogP contribution >= 0.6 is 0 Å². The number of nitrogens with zero attached hydrogens (tertiary/aromatic N) is 3. The van der Waals surface area contributed by atoms with Gasteiger partial charge in [0.05, 0.1) is 25.0 Å². The highest BCUT2D eigenvalue weighted by Crippen LogP contribution is 2.48. The molecule has 0 bridgehead atoms. The van der Waals surface area contributed by atoms with Crippen LogP contribution in [0.15, 0.2) is 64.3 Å². The van der Waals surface area contributed by atoms with E-state index in [4.69, 9.17) is 9.47 Å². The summed E-state index contributed by atoms with van der Waals surface area (Å²) in [5, 5.41) is 0. The number of halogens is 1. The number of esters is 1. The zero-order valence-electron chi connectivity index (χ0n) is 24.8. The highest BCUT2D eigenvalue weighted by atomic mass is 19.1. The summed E-state index contributed by atoms with van der Waals surface area (Å²) in [4.78, 5) is 34.0. The van der Waals surface area contributed by atoms with Gasteiger partial charge < -0.3 is 14.4 Å². The van der Waals surface area contributed by atoms with Crippen LogP contribution in [0.5, 0.6) is 5.75 Å². The first-order valence-electron chi connectivity index (χ1n) is 14.9. The molecule has 8 heteroatoms. The molecule has 42 heavy (non-hydrogen) atoms. The van der Waals surface area contributed by atoms with Crippen molar-refractivity contribution < 1.29 is 23.5 Å². The minimum atomic E-state index is -0.466. The molecule has 1 saturated carbocycles. The molecule has 2 heterocycles. The zero-order valence-corrected chi connectivity index (χ0v) is 24.8. The standard InChI is InChI=1S/C34H40FN3O4/c1-5-42-31-20-23(19-28(24-6-7-24)32(31)25-8-10-26(35)11-9-25)21-37-15-12-27(13-16-37)38-17-14-30(36-3)29(33(38)39)18-22(2)34(40)41-4/h8-11,18-20,24,27H,3,5-7,12-17,21H2,1-2,4H3/b22-18+. The molecule has 2 aliphatic heterocycles. The molecule has 0 atom stereocenters. The first-order valence-corrected chi connectivity index (χ1v) is 14.9. The summed E-state index contributed by atoms with van der Waals surface area (Å²) in [6.45, 7) is 11.0. The van der Waals surface area contributed by atoms with E-state index in [2.05, 4.69) is 28.7 Å². The summed E-state index contributed by atoms with van der Waals surface area (Å²) in [6.07, 6.45) is 6.26. The van der Waals surface area contributed by atoms with Crippen LogP contribution in [0.3, 0.4) is 0 Å². The van der Waals surface area contributed by atoms with Crippen LogP contribution in [0.1, 0.15) is 63.0 Å². The second-order valence-electron chi connectivity index (χ2n) is 11.4. The Morgan fingerprint density at radius 2 is 1.83 bits per heavy atom. The summed E-state index contributed by atoms with van der Waals surface area (Å²) >= 11 is 0. The Labute approximate surface area is 247 Å². The van der Waals surface area contributed by atoms with E-state index in [0.29, 0.717) is 42.3 Å². The van der Waals surface area contributed by atoms with Gasteiger partial charge in [0, 0.05) is 49.8 Å². The number of likely N-dealkylation sites (tertiary alicyclic amines) is 1. The molecule has 2 aromatic carbocycles. The quantitative estimate of drug-likeness (QED) is 0.197. The highest BCUT2D eigenvalue weighted by Gasteiger charge is 2.34. The minimum Gasteiger partial charge on any atom is -0.493 e. The monoisotopic (exact) mass is 573 g/mol. The summed E-state index contributed by atoms with van der Waals surface area (Å²) < 4.78 is 24.6. The van der Waals surface area contributed by atoms with Crippen molar-refractivity contribution in [2.45, 2.75) is 64.5 Å². The lowest BCUT2D eigenvalue weighted by Gasteiger charge is -2.40. The molecule has 3 aliphatic rings. The van der Waals surface area contributed by atoms with Gasteiger partial charge in [-0.25, -0.2) is 9.18 Å². The van der Waals surface area contributed by atoms with Crippen LogP contribution in [-0.4, -0.2) is 67.8 Å². The van der Waals surface area contributed by atoms with Gasteiger partial charge in [0.1, 0.15) is 11.6 Å². The maximum Gasteiger partial charge on any atom is 0.333 e. The third kappa shape index (κ3) is 6.49. The van der Waals surface area contributed by atoms with Crippen LogP contribution in [-0.2, 0) is 20.9 Å². The lowest BCUT2D eigenvalue weighted by Crippen LogP contribution is -2.49. The molecule has 0 N–H and O–H groups in total. The second-order valence-corrected chi connectivity index (χ2v) is 11.4. The van der Waals surface area contributed by atoms with Gasteiger partial charge in [0.15, 0.2) is 0 Å². The molecule has 222 valence electrons. The average Bonchev–Trinajstić information content (AvgIpc) is 3.84. The number of aliphatic imine (C=N–C) groups is 1. The molecule has 1 amide bonds. The molecule has 0 radical (unpaired) electrons. The normalized spacial score (nSPS) is 18.8. The number of carbonyl (C=O) groups excluding carboxylic acids is 2. The van der Waals surface area contributed by atoms with Crippen LogP contribution < -0.4 is 4.74 Å². The maximum absolute atomic E-state index is 13.7. The number of amides is 1. The van der Waals surface area contributed by atoms with Gasteiger partial charge in [-0.1, -0.05) is 18.2 Å². The summed E-state index contributed by atoms with van der Waals surface area (Å²) in [5.41, 5.74) is 5.99.